The largest absolute Gasteiger partial charge is 0.508 e. The second-order valence-electron chi connectivity index (χ2n) is 3.74. The number of hydrogen-bond donors (Lipinski definition) is 2. The summed E-state index contributed by atoms with van der Waals surface area (Å²) in [5.41, 5.74) is 2.15. The van der Waals surface area contributed by atoms with E-state index in [1.54, 1.807) is 12.1 Å². The lowest BCUT2D eigenvalue weighted by Gasteiger charge is -2.01. The average molecular weight is 190 g/mol. The van der Waals surface area contributed by atoms with Crippen LogP contribution >= 0.6 is 0 Å². The molecule has 0 aliphatic heterocycles. The van der Waals surface area contributed by atoms with Gasteiger partial charge in [-0.05, 0) is 42.0 Å². The van der Waals surface area contributed by atoms with Crippen LogP contribution in [0.2, 0.25) is 0 Å². The first-order chi connectivity index (χ1) is 6.79. The van der Waals surface area contributed by atoms with Gasteiger partial charge in [0.05, 0.1) is 6.61 Å². The minimum atomic E-state index is 0.144. The fourth-order valence-electron chi connectivity index (χ4n) is 1.53. The summed E-state index contributed by atoms with van der Waals surface area (Å²) < 4.78 is 0. The second kappa shape index (κ2) is 3.84. The highest BCUT2D eigenvalue weighted by atomic mass is 16.3. The Morgan fingerprint density at radius 3 is 2.43 bits per heavy atom. The Morgan fingerprint density at radius 2 is 1.93 bits per heavy atom. The molecule has 1 saturated carbocycles. The summed E-state index contributed by atoms with van der Waals surface area (Å²) in [5, 5.41) is 18.2. The molecule has 0 spiro atoms. The van der Waals surface area contributed by atoms with E-state index in [9.17, 15) is 0 Å². The SMILES string of the molecule is OC/C(=C\c1ccc(O)cc1)C1CC1. The third kappa shape index (κ3) is 2.15. The topological polar surface area (TPSA) is 40.5 Å². The van der Waals surface area contributed by atoms with Gasteiger partial charge in [0.1, 0.15) is 5.75 Å². The monoisotopic (exact) mass is 190 g/mol. The number of phenolic OH excluding ortho intramolecular Hbond substituents is 1. The number of aromatic hydroxyl groups is 1. The van der Waals surface area contributed by atoms with E-state index in [0.717, 1.165) is 11.1 Å². The third-order valence-electron chi connectivity index (χ3n) is 2.53. The summed E-state index contributed by atoms with van der Waals surface area (Å²) in [6, 6.07) is 7.03. The number of aliphatic hydroxyl groups excluding tert-OH is 1. The summed E-state index contributed by atoms with van der Waals surface area (Å²) in [6.45, 7) is 0.144. The van der Waals surface area contributed by atoms with Gasteiger partial charge in [-0.25, -0.2) is 0 Å². The van der Waals surface area contributed by atoms with Crippen molar-refractivity contribution in [2.45, 2.75) is 12.8 Å². The smallest absolute Gasteiger partial charge is 0.115 e. The molecule has 14 heavy (non-hydrogen) atoms. The van der Waals surface area contributed by atoms with Crippen LogP contribution in [0.25, 0.3) is 6.08 Å². The van der Waals surface area contributed by atoms with Crippen LogP contribution < -0.4 is 0 Å². The highest BCUT2D eigenvalue weighted by Crippen LogP contribution is 2.37. The van der Waals surface area contributed by atoms with Gasteiger partial charge in [-0.3, -0.25) is 0 Å². The summed E-state index contributed by atoms with van der Waals surface area (Å²) in [6.07, 6.45) is 4.41. The predicted octanol–water partition coefficient (Wildman–Crippen LogP) is 2.18. The van der Waals surface area contributed by atoms with Gasteiger partial charge in [0.2, 0.25) is 0 Å². The van der Waals surface area contributed by atoms with Gasteiger partial charge in [-0.2, -0.15) is 0 Å². The molecule has 1 aromatic rings. The highest BCUT2D eigenvalue weighted by molar-refractivity contribution is 5.55. The Kier molecular flexibility index (Phi) is 2.55. The van der Waals surface area contributed by atoms with Gasteiger partial charge in [0.25, 0.3) is 0 Å². The van der Waals surface area contributed by atoms with Crippen molar-refractivity contribution in [3.63, 3.8) is 0 Å². The molecule has 74 valence electrons. The number of aliphatic hydroxyl groups is 1. The van der Waals surface area contributed by atoms with E-state index < -0.39 is 0 Å². The zero-order valence-electron chi connectivity index (χ0n) is 7.98. The lowest BCUT2D eigenvalue weighted by Crippen LogP contribution is -1.92. The van der Waals surface area contributed by atoms with E-state index in [4.69, 9.17) is 10.2 Å². The number of phenols is 1. The van der Waals surface area contributed by atoms with E-state index >= 15 is 0 Å². The van der Waals surface area contributed by atoms with Crippen molar-refractivity contribution in [2.24, 2.45) is 5.92 Å². The Morgan fingerprint density at radius 1 is 1.29 bits per heavy atom. The van der Waals surface area contributed by atoms with Crippen LogP contribution in [0.1, 0.15) is 18.4 Å². The fraction of sp³-hybridized carbons (Fsp3) is 0.333. The second-order valence-corrected chi connectivity index (χ2v) is 3.74. The zero-order chi connectivity index (χ0) is 9.97. The predicted molar refractivity (Wildman–Crippen MR) is 55.9 cm³/mol. The highest BCUT2D eigenvalue weighted by Gasteiger charge is 2.24. The van der Waals surface area contributed by atoms with Crippen LogP contribution in [0, 0.1) is 5.92 Å². The van der Waals surface area contributed by atoms with Crippen LogP contribution in [-0.4, -0.2) is 16.8 Å². The van der Waals surface area contributed by atoms with E-state index in [1.807, 2.05) is 18.2 Å². The fourth-order valence-corrected chi connectivity index (χ4v) is 1.53. The normalized spacial score (nSPS) is 17.1. The maximum atomic E-state index is 9.13. The number of rotatable bonds is 3. The van der Waals surface area contributed by atoms with Crippen molar-refractivity contribution >= 4 is 6.08 Å². The molecule has 1 fully saturated rings. The molecule has 1 aliphatic rings. The van der Waals surface area contributed by atoms with E-state index in [1.165, 1.54) is 12.8 Å². The van der Waals surface area contributed by atoms with Crippen molar-refractivity contribution < 1.29 is 10.2 Å². The Labute approximate surface area is 83.5 Å². The standard InChI is InChI=1S/C12H14O2/c13-8-11(10-3-4-10)7-9-1-5-12(14)6-2-9/h1-2,5-7,10,13-14H,3-4,8H2/b11-7+. The van der Waals surface area contributed by atoms with Gasteiger partial charge in [-0.1, -0.05) is 18.2 Å². The first-order valence-electron chi connectivity index (χ1n) is 4.90. The molecule has 2 N–H and O–H groups in total. The van der Waals surface area contributed by atoms with Crippen LogP contribution in [0.5, 0.6) is 5.75 Å². The van der Waals surface area contributed by atoms with Gasteiger partial charge in [-0.15, -0.1) is 0 Å². The molecule has 0 unspecified atom stereocenters. The first kappa shape index (κ1) is 9.28. The molecule has 2 nitrogen and oxygen atoms in total. The molecule has 0 saturated heterocycles. The van der Waals surface area contributed by atoms with Crippen LogP contribution in [0.15, 0.2) is 29.8 Å². The van der Waals surface area contributed by atoms with Crippen molar-refractivity contribution in [2.75, 3.05) is 6.61 Å². The Balaban J connectivity index is 2.17. The zero-order valence-corrected chi connectivity index (χ0v) is 7.98. The minimum absolute atomic E-state index is 0.144. The lowest BCUT2D eigenvalue weighted by molar-refractivity contribution is 0.326. The minimum Gasteiger partial charge on any atom is -0.508 e. The molecule has 0 radical (unpaired) electrons. The molecular formula is C12H14O2. The average Bonchev–Trinajstić information content (AvgIpc) is 3.01. The van der Waals surface area contributed by atoms with Crippen LogP contribution in [0.4, 0.5) is 0 Å². The molecule has 2 heteroatoms. The maximum Gasteiger partial charge on any atom is 0.115 e. The van der Waals surface area contributed by atoms with Gasteiger partial charge in [0, 0.05) is 0 Å². The van der Waals surface area contributed by atoms with Crippen molar-refractivity contribution in [3.8, 4) is 5.75 Å². The summed E-state index contributed by atoms with van der Waals surface area (Å²) >= 11 is 0. The quantitative estimate of drug-likeness (QED) is 0.767. The molecule has 2 rings (SSSR count). The van der Waals surface area contributed by atoms with Crippen molar-refractivity contribution in [3.05, 3.63) is 35.4 Å². The molecular weight excluding hydrogens is 176 g/mol. The Bertz CT molecular complexity index is 334. The third-order valence-corrected chi connectivity index (χ3v) is 2.53. The van der Waals surface area contributed by atoms with Crippen LogP contribution in [-0.2, 0) is 0 Å². The first-order valence-corrected chi connectivity index (χ1v) is 4.90. The van der Waals surface area contributed by atoms with Gasteiger partial charge in [0.15, 0.2) is 0 Å². The van der Waals surface area contributed by atoms with Crippen molar-refractivity contribution in [1.29, 1.82) is 0 Å². The lowest BCUT2D eigenvalue weighted by atomic mass is 10.1. The molecule has 0 bridgehead atoms. The van der Waals surface area contributed by atoms with E-state index in [0.29, 0.717) is 5.92 Å². The van der Waals surface area contributed by atoms with Crippen molar-refractivity contribution in [1.82, 2.24) is 0 Å². The molecule has 1 aliphatic carbocycles. The molecule has 0 aromatic heterocycles. The Hall–Kier alpha value is -1.28. The summed E-state index contributed by atoms with van der Waals surface area (Å²) in [7, 11) is 0. The molecule has 0 atom stereocenters. The van der Waals surface area contributed by atoms with E-state index in [2.05, 4.69) is 0 Å². The van der Waals surface area contributed by atoms with Crippen LogP contribution in [0.3, 0.4) is 0 Å². The summed E-state index contributed by atoms with van der Waals surface area (Å²) in [5.74, 6) is 0.868. The molecule has 1 aromatic carbocycles. The van der Waals surface area contributed by atoms with E-state index in [-0.39, 0.29) is 12.4 Å². The van der Waals surface area contributed by atoms with Gasteiger partial charge >= 0.3 is 0 Å². The molecule has 0 heterocycles. The number of hydrogen-bond acceptors (Lipinski definition) is 2. The van der Waals surface area contributed by atoms with Gasteiger partial charge < -0.3 is 10.2 Å². The molecule has 0 amide bonds. The number of benzene rings is 1. The summed E-state index contributed by atoms with van der Waals surface area (Å²) in [4.78, 5) is 0. The maximum absolute atomic E-state index is 9.13.